The molecule has 0 N–H and O–H groups in total. The number of carbonyl (C=O) groups is 1. The van der Waals surface area contributed by atoms with Crippen LogP contribution in [-0.4, -0.2) is 44.6 Å². The second kappa shape index (κ2) is 9.87. The van der Waals surface area contributed by atoms with Crippen LogP contribution in [0.5, 0.6) is 0 Å². The van der Waals surface area contributed by atoms with E-state index in [0.29, 0.717) is 23.9 Å². The van der Waals surface area contributed by atoms with Crippen molar-refractivity contribution in [2.24, 2.45) is 5.92 Å². The highest BCUT2D eigenvalue weighted by atomic mass is 35.5. The summed E-state index contributed by atoms with van der Waals surface area (Å²) >= 11 is 6.07. The maximum absolute atomic E-state index is 12.3. The SMILES string of the molecule is CC(C)(C)OC(=O)N1CC[C@H](Cc2cncc(-c3cnc(Cc4cccc(Cl)c4)nc3)c2)C1. The van der Waals surface area contributed by atoms with E-state index in [1.54, 1.807) is 4.90 Å². The van der Waals surface area contributed by atoms with Gasteiger partial charge in [0, 0.05) is 60.4 Å². The summed E-state index contributed by atoms with van der Waals surface area (Å²) in [5, 5.41) is 0.712. The lowest BCUT2D eigenvalue weighted by molar-refractivity contribution is 0.0288. The number of hydrogen-bond donors (Lipinski definition) is 0. The number of amides is 1. The quantitative estimate of drug-likeness (QED) is 0.492. The summed E-state index contributed by atoms with van der Waals surface area (Å²) in [5.74, 6) is 1.14. The fourth-order valence-electron chi connectivity index (χ4n) is 4.01. The lowest BCUT2D eigenvalue weighted by Crippen LogP contribution is -2.35. The summed E-state index contributed by atoms with van der Waals surface area (Å²) < 4.78 is 5.50. The average molecular weight is 465 g/mol. The number of carbonyl (C=O) groups excluding carboxylic acids is 1. The van der Waals surface area contributed by atoms with Gasteiger partial charge in [0.1, 0.15) is 11.4 Å². The van der Waals surface area contributed by atoms with Gasteiger partial charge in [-0.15, -0.1) is 0 Å². The van der Waals surface area contributed by atoms with E-state index in [1.807, 2.05) is 69.8 Å². The molecular weight excluding hydrogens is 436 g/mol. The highest BCUT2D eigenvalue weighted by molar-refractivity contribution is 6.30. The third-order valence-corrected chi connectivity index (χ3v) is 5.78. The lowest BCUT2D eigenvalue weighted by atomic mass is 9.98. The van der Waals surface area contributed by atoms with E-state index in [9.17, 15) is 4.79 Å². The molecule has 3 aromatic rings. The molecule has 1 atom stereocenters. The number of nitrogens with zero attached hydrogens (tertiary/aromatic N) is 4. The van der Waals surface area contributed by atoms with Gasteiger partial charge >= 0.3 is 6.09 Å². The van der Waals surface area contributed by atoms with Gasteiger partial charge in [0.05, 0.1) is 0 Å². The highest BCUT2D eigenvalue weighted by Crippen LogP contribution is 2.25. The smallest absolute Gasteiger partial charge is 0.410 e. The molecule has 1 amide bonds. The first-order valence-electron chi connectivity index (χ1n) is 11.2. The molecule has 7 heteroatoms. The molecule has 33 heavy (non-hydrogen) atoms. The van der Waals surface area contributed by atoms with Gasteiger partial charge < -0.3 is 9.64 Å². The summed E-state index contributed by atoms with van der Waals surface area (Å²) in [6.45, 7) is 7.12. The first-order chi connectivity index (χ1) is 15.7. The van der Waals surface area contributed by atoms with Crippen LogP contribution >= 0.6 is 11.6 Å². The van der Waals surface area contributed by atoms with Gasteiger partial charge in [-0.05, 0) is 68.9 Å². The molecule has 1 saturated heterocycles. The molecule has 4 rings (SSSR count). The minimum atomic E-state index is -0.473. The molecule has 3 heterocycles. The maximum Gasteiger partial charge on any atom is 0.410 e. The zero-order valence-corrected chi connectivity index (χ0v) is 20.0. The van der Waals surface area contributed by atoms with E-state index in [4.69, 9.17) is 16.3 Å². The van der Waals surface area contributed by atoms with Gasteiger partial charge in [0.25, 0.3) is 0 Å². The molecule has 1 aliphatic rings. The summed E-state index contributed by atoms with van der Waals surface area (Å²) in [7, 11) is 0. The fourth-order valence-corrected chi connectivity index (χ4v) is 4.22. The van der Waals surface area contributed by atoms with Crippen molar-refractivity contribution in [3.63, 3.8) is 0 Å². The van der Waals surface area contributed by atoms with Gasteiger partial charge in [0.2, 0.25) is 0 Å². The number of halogens is 1. The normalized spacial score (nSPS) is 16.1. The zero-order chi connectivity index (χ0) is 23.4. The molecule has 1 aromatic carbocycles. The van der Waals surface area contributed by atoms with Crippen LogP contribution in [0.4, 0.5) is 4.79 Å². The second-order valence-electron chi connectivity index (χ2n) is 9.56. The molecular formula is C26H29ClN4O2. The van der Waals surface area contributed by atoms with Gasteiger partial charge in [0.15, 0.2) is 0 Å². The van der Waals surface area contributed by atoms with Gasteiger partial charge in [-0.3, -0.25) is 4.98 Å². The first kappa shape index (κ1) is 23.2. The fraction of sp³-hybridized carbons (Fsp3) is 0.385. The largest absolute Gasteiger partial charge is 0.444 e. The van der Waals surface area contributed by atoms with Gasteiger partial charge in [-0.25, -0.2) is 14.8 Å². The Kier molecular flexibility index (Phi) is 6.94. The second-order valence-corrected chi connectivity index (χ2v) is 10.00. The van der Waals surface area contributed by atoms with Crippen molar-refractivity contribution < 1.29 is 9.53 Å². The van der Waals surface area contributed by atoms with E-state index in [0.717, 1.165) is 47.5 Å². The molecule has 1 fully saturated rings. The van der Waals surface area contributed by atoms with Crippen LogP contribution in [0.25, 0.3) is 11.1 Å². The number of benzene rings is 1. The van der Waals surface area contributed by atoms with Crippen LogP contribution in [-0.2, 0) is 17.6 Å². The third-order valence-electron chi connectivity index (χ3n) is 5.55. The Labute approximate surface area is 200 Å². The predicted octanol–water partition coefficient (Wildman–Crippen LogP) is 5.58. The number of hydrogen-bond acceptors (Lipinski definition) is 5. The summed E-state index contributed by atoms with van der Waals surface area (Å²) in [4.78, 5) is 27.6. The Hall–Kier alpha value is -2.99. The van der Waals surface area contributed by atoms with Crippen LogP contribution in [0.2, 0.25) is 5.02 Å². The maximum atomic E-state index is 12.3. The predicted molar refractivity (Wildman–Crippen MR) is 129 cm³/mol. The van der Waals surface area contributed by atoms with Crippen molar-refractivity contribution in [3.05, 3.63) is 77.1 Å². The molecule has 1 aliphatic heterocycles. The third kappa shape index (κ3) is 6.51. The Bertz CT molecular complexity index is 1110. The molecule has 0 radical (unpaired) electrons. The van der Waals surface area contributed by atoms with Crippen molar-refractivity contribution in [1.82, 2.24) is 19.9 Å². The average Bonchev–Trinajstić information content (AvgIpc) is 3.22. The molecule has 2 aromatic heterocycles. The Morgan fingerprint density at radius 2 is 1.88 bits per heavy atom. The van der Waals surface area contributed by atoms with E-state index in [-0.39, 0.29) is 6.09 Å². The number of likely N-dealkylation sites (tertiary alicyclic amines) is 1. The monoisotopic (exact) mass is 464 g/mol. The topological polar surface area (TPSA) is 68.2 Å². The molecule has 172 valence electrons. The Balaban J connectivity index is 1.37. The van der Waals surface area contributed by atoms with Crippen LogP contribution in [0.1, 0.15) is 44.1 Å². The molecule has 0 unspecified atom stereocenters. The van der Waals surface area contributed by atoms with Crippen LogP contribution in [0.15, 0.2) is 55.1 Å². The van der Waals surface area contributed by atoms with Crippen LogP contribution in [0, 0.1) is 5.92 Å². The highest BCUT2D eigenvalue weighted by Gasteiger charge is 2.29. The van der Waals surface area contributed by atoms with E-state index in [2.05, 4.69) is 21.0 Å². The molecule has 0 bridgehead atoms. The van der Waals surface area contributed by atoms with Crippen molar-refractivity contribution >= 4 is 17.7 Å². The Morgan fingerprint density at radius 3 is 2.61 bits per heavy atom. The van der Waals surface area contributed by atoms with Crippen molar-refractivity contribution in [3.8, 4) is 11.1 Å². The van der Waals surface area contributed by atoms with E-state index < -0.39 is 5.60 Å². The van der Waals surface area contributed by atoms with Crippen LogP contribution in [0.3, 0.4) is 0 Å². The molecule has 0 spiro atoms. The number of ether oxygens (including phenoxy) is 1. The van der Waals surface area contributed by atoms with Crippen molar-refractivity contribution in [2.75, 3.05) is 13.1 Å². The lowest BCUT2D eigenvalue weighted by Gasteiger charge is -2.24. The zero-order valence-electron chi connectivity index (χ0n) is 19.3. The van der Waals surface area contributed by atoms with E-state index in [1.165, 1.54) is 0 Å². The van der Waals surface area contributed by atoms with Crippen molar-refractivity contribution in [2.45, 2.75) is 45.6 Å². The van der Waals surface area contributed by atoms with Crippen molar-refractivity contribution in [1.29, 1.82) is 0 Å². The first-order valence-corrected chi connectivity index (χ1v) is 11.6. The number of aromatic nitrogens is 3. The van der Waals surface area contributed by atoms with Gasteiger partial charge in [-0.1, -0.05) is 23.7 Å². The molecule has 0 aliphatic carbocycles. The summed E-state index contributed by atoms with van der Waals surface area (Å²) in [5.41, 5.74) is 3.67. The van der Waals surface area contributed by atoms with E-state index >= 15 is 0 Å². The minimum Gasteiger partial charge on any atom is -0.444 e. The summed E-state index contributed by atoms with van der Waals surface area (Å²) in [6, 6.07) is 9.87. The number of rotatable bonds is 5. The van der Waals surface area contributed by atoms with Gasteiger partial charge in [-0.2, -0.15) is 0 Å². The minimum absolute atomic E-state index is 0.230. The Morgan fingerprint density at radius 1 is 1.09 bits per heavy atom. The number of pyridine rings is 1. The molecule has 6 nitrogen and oxygen atoms in total. The molecule has 0 saturated carbocycles. The van der Waals surface area contributed by atoms with Crippen LogP contribution < -0.4 is 0 Å². The summed E-state index contributed by atoms with van der Waals surface area (Å²) in [6.07, 6.45) is 9.65. The standard InChI is InChI=1S/C26H29ClN4O2/c1-26(2,3)33-25(32)31-8-7-19(17-31)9-20-10-21(14-28-13-20)22-15-29-24(30-16-22)12-18-5-4-6-23(27)11-18/h4-6,10-11,13-16,19H,7-9,12,17H2,1-3H3/t19-/m1/s1.